The maximum atomic E-state index is 11.8. The lowest BCUT2D eigenvalue weighted by molar-refractivity contribution is 0.0951. The van der Waals surface area contributed by atoms with E-state index in [9.17, 15) is 4.79 Å². The van der Waals surface area contributed by atoms with Gasteiger partial charge in [-0.1, -0.05) is 19.9 Å². The molecule has 4 heteroatoms. The van der Waals surface area contributed by atoms with E-state index in [4.69, 9.17) is 5.73 Å². The number of hydrogen-bond donors (Lipinski definition) is 2. The van der Waals surface area contributed by atoms with Crippen molar-refractivity contribution in [2.45, 2.75) is 20.3 Å². The van der Waals surface area contributed by atoms with E-state index in [2.05, 4.69) is 35.1 Å². The van der Waals surface area contributed by atoms with Gasteiger partial charge in [0, 0.05) is 12.2 Å². The number of hydrogen-bond acceptors (Lipinski definition) is 2. The molecular formula is C12H17BrN2O. The Morgan fingerprint density at radius 2 is 2.19 bits per heavy atom. The third kappa shape index (κ3) is 3.52. The van der Waals surface area contributed by atoms with Crippen molar-refractivity contribution in [3.05, 3.63) is 28.2 Å². The highest BCUT2D eigenvalue weighted by Gasteiger charge is 2.10. The molecule has 16 heavy (non-hydrogen) atoms. The number of amides is 1. The lowest BCUT2D eigenvalue weighted by atomic mass is 10.1. The summed E-state index contributed by atoms with van der Waals surface area (Å²) in [6.45, 7) is 4.95. The fourth-order valence-corrected chi connectivity index (χ4v) is 1.74. The van der Waals surface area contributed by atoms with Crippen molar-refractivity contribution in [1.82, 2.24) is 5.32 Å². The molecule has 0 saturated heterocycles. The maximum absolute atomic E-state index is 11.8. The van der Waals surface area contributed by atoms with Crippen molar-refractivity contribution in [2.75, 3.05) is 12.3 Å². The molecule has 0 radical (unpaired) electrons. The van der Waals surface area contributed by atoms with Crippen molar-refractivity contribution in [1.29, 1.82) is 0 Å². The molecule has 3 N–H and O–H groups in total. The van der Waals surface area contributed by atoms with Crippen molar-refractivity contribution < 1.29 is 4.79 Å². The highest BCUT2D eigenvalue weighted by atomic mass is 79.9. The Hall–Kier alpha value is -1.03. The van der Waals surface area contributed by atoms with Gasteiger partial charge in [-0.2, -0.15) is 0 Å². The minimum Gasteiger partial charge on any atom is -0.398 e. The first-order chi connectivity index (χ1) is 7.52. The second-order valence-electron chi connectivity index (χ2n) is 4.15. The molecule has 3 nitrogen and oxygen atoms in total. The minimum atomic E-state index is -0.0835. The van der Waals surface area contributed by atoms with Gasteiger partial charge in [0.05, 0.1) is 10.0 Å². The molecule has 0 spiro atoms. The summed E-state index contributed by atoms with van der Waals surface area (Å²) in [6, 6.07) is 5.29. The van der Waals surface area contributed by atoms with Gasteiger partial charge in [-0.05, 0) is 40.4 Å². The van der Waals surface area contributed by atoms with Crippen molar-refractivity contribution in [3.63, 3.8) is 0 Å². The highest BCUT2D eigenvalue weighted by molar-refractivity contribution is 9.10. The molecule has 0 aliphatic rings. The van der Waals surface area contributed by atoms with Crippen molar-refractivity contribution in [3.8, 4) is 0 Å². The molecule has 88 valence electrons. The van der Waals surface area contributed by atoms with Crippen LogP contribution < -0.4 is 11.1 Å². The molecule has 0 bridgehead atoms. The first-order valence-electron chi connectivity index (χ1n) is 5.34. The zero-order valence-corrected chi connectivity index (χ0v) is 11.2. The SMILES string of the molecule is CC(C)CCNC(=O)c1cccc(N)c1Br. The summed E-state index contributed by atoms with van der Waals surface area (Å²) in [4.78, 5) is 11.8. The number of anilines is 1. The fraction of sp³-hybridized carbons (Fsp3) is 0.417. The summed E-state index contributed by atoms with van der Waals surface area (Å²) in [5.74, 6) is 0.504. The van der Waals surface area contributed by atoms with E-state index in [-0.39, 0.29) is 5.91 Å². The Balaban J connectivity index is 2.63. The molecule has 0 aliphatic carbocycles. The standard InChI is InChI=1S/C12H17BrN2O/c1-8(2)6-7-15-12(16)9-4-3-5-10(14)11(9)13/h3-5,8H,6-7,14H2,1-2H3,(H,15,16). The molecule has 0 atom stereocenters. The lowest BCUT2D eigenvalue weighted by Crippen LogP contribution is -2.25. The molecule has 1 rings (SSSR count). The number of nitrogens with one attached hydrogen (secondary N) is 1. The van der Waals surface area contributed by atoms with Crippen molar-refractivity contribution >= 4 is 27.5 Å². The second-order valence-corrected chi connectivity index (χ2v) is 4.94. The van der Waals surface area contributed by atoms with E-state index in [1.807, 2.05) is 0 Å². The second kappa shape index (κ2) is 5.89. The molecule has 0 heterocycles. The van der Waals surface area contributed by atoms with Crippen LogP contribution >= 0.6 is 15.9 Å². The van der Waals surface area contributed by atoms with Crippen LogP contribution in [0.5, 0.6) is 0 Å². The molecule has 1 aromatic rings. The van der Waals surface area contributed by atoms with Gasteiger partial charge in [-0.25, -0.2) is 0 Å². The van der Waals surface area contributed by atoms with E-state index in [1.54, 1.807) is 18.2 Å². The van der Waals surface area contributed by atoms with Crippen LogP contribution in [0.3, 0.4) is 0 Å². The maximum Gasteiger partial charge on any atom is 0.252 e. The highest BCUT2D eigenvalue weighted by Crippen LogP contribution is 2.23. The van der Waals surface area contributed by atoms with E-state index in [0.29, 0.717) is 28.2 Å². The predicted molar refractivity (Wildman–Crippen MR) is 70.3 cm³/mol. The Morgan fingerprint density at radius 1 is 1.50 bits per heavy atom. The molecular weight excluding hydrogens is 268 g/mol. The summed E-state index contributed by atoms with van der Waals surface area (Å²) in [7, 11) is 0. The lowest BCUT2D eigenvalue weighted by Gasteiger charge is -2.09. The zero-order valence-electron chi connectivity index (χ0n) is 9.59. The van der Waals surface area contributed by atoms with Crippen LogP contribution in [0.2, 0.25) is 0 Å². The van der Waals surface area contributed by atoms with Gasteiger partial charge >= 0.3 is 0 Å². The molecule has 0 aliphatic heterocycles. The molecule has 0 unspecified atom stereocenters. The van der Waals surface area contributed by atoms with Gasteiger partial charge in [-0.3, -0.25) is 4.79 Å². The summed E-state index contributed by atoms with van der Waals surface area (Å²) in [5.41, 5.74) is 6.88. The number of halogens is 1. The van der Waals surface area contributed by atoms with Gasteiger partial charge in [0.1, 0.15) is 0 Å². The van der Waals surface area contributed by atoms with E-state index >= 15 is 0 Å². The Kier molecular flexibility index (Phi) is 4.80. The molecule has 0 saturated carbocycles. The number of carbonyl (C=O) groups excluding carboxylic acids is 1. The third-order valence-electron chi connectivity index (χ3n) is 2.28. The van der Waals surface area contributed by atoms with Gasteiger partial charge in [-0.15, -0.1) is 0 Å². The first kappa shape index (κ1) is 13.0. The van der Waals surface area contributed by atoms with E-state index in [1.165, 1.54) is 0 Å². The quantitative estimate of drug-likeness (QED) is 0.836. The van der Waals surface area contributed by atoms with Gasteiger partial charge in [0.2, 0.25) is 0 Å². The van der Waals surface area contributed by atoms with Gasteiger partial charge in [0.15, 0.2) is 0 Å². The van der Waals surface area contributed by atoms with Crippen LogP contribution in [0, 0.1) is 5.92 Å². The predicted octanol–water partition coefficient (Wildman–Crippen LogP) is 2.81. The monoisotopic (exact) mass is 284 g/mol. The minimum absolute atomic E-state index is 0.0835. The summed E-state index contributed by atoms with van der Waals surface area (Å²) in [5, 5.41) is 2.87. The van der Waals surface area contributed by atoms with Gasteiger partial charge in [0.25, 0.3) is 5.91 Å². The van der Waals surface area contributed by atoms with Crippen LogP contribution in [0.25, 0.3) is 0 Å². The average molecular weight is 285 g/mol. The summed E-state index contributed by atoms with van der Waals surface area (Å²) in [6.07, 6.45) is 0.978. The van der Waals surface area contributed by atoms with Crippen molar-refractivity contribution in [2.24, 2.45) is 5.92 Å². The summed E-state index contributed by atoms with van der Waals surface area (Å²) < 4.78 is 0.664. The number of rotatable bonds is 4. The Morgan fingerprint density at radius 3 is 2.81 bits per heavy atom. The third-order valence-corrected chi connectivity index (χ3v) is 3.17. The molecule has 0 fully saturated rings. The number of nitrogens with two attached hydrogens (primary N) is 1. The van der Waals surface area contributed by atoms with E-state index in [0.717, 1.165) is 6.42 Å². The smallest absolute Gasteiger partial charge is 0.252 e. The number of benzene rings is 1. The number of carbonyl (C=O) groups is 1. The van der Waals surface area contributed by atoms with E-state index < -0.39 is 0 Å². The van der Waals surface area contributed by atoms with Gasteiger partial charge < -0.3 is 11.1 Å². The van der Waals surface area contributed by atoms with Crippen LogP contribution in [0.1, 0.15) is 30.6 Å². The van der Waals surface area contributed by atoms with Crippen LogP contribution in [-0.4, -0.2) is 12.5 Å². The molecule has 1 amide bonds. The zero-order chi connectivity index (χ0) is 12.1. The van der Waals surface area contributed by atoms with Crippen LogP contribution in [-0.2, 0) is 0 Å². The fourth-order valence-electron chi connectivity index (χ4n) is 1.29. The summed E-state index contributed by atoms with van der Waals surface area (Å²) >= 11 is 3.32. The number of nitrogen functional groups attached to an aromatic ring is 1. The van der Waals surface area contributed by atoms with Crippen LogP contribution in [0.15, 0.2) is 22.7 Å². The normalized spacial score (nSPS) is 10.5. The topological polar surface area (TPSA) is 55.1 Å². The Labute approximate surface area is 105 Å². The van der Waals surface area contributed by atoms with Crippen LogP contribution in [0.4, 0.5) is 5.69 Å². The first-order valence-corrected chi connectivity index (χ1v) is 6.14. The molecule has 0 aromatic heterocycles. The largest absolute Gasteiger partial charge is 0.398 e. The molecule has 1 aromatic carbocycles. The Bertz CT molecular complexity index is 377. The average Bonchev–Trinajstić information content (AvgIpc) is 2.21.